The standard InChI is InChI=1S/C25H29N5O2S/c1-16(2)19-10-12-21(13-11-19)32-18(5)24-28-29-25(30(24)17(3)4)33-15-23(31)27-22-9-7-6-8-20(22)14-26/h6-13,16-18H,15H2,1-5H3,(H,27,31). The zero-order chi connectivity index (χ0) is 24.0. The molecule has 0 saturated carbocycles. The third kappa shape index (κ3) is 6.14. The Bertz CT molecular complexity index is 1130. The molecule has 1 atom stereocenters. The van der Waals surface area contributed by atoms with E-state index in [2.05, 4.69) is 47.6 Å². The van der Waals surface area contributed by atoms with Crippen LogP contribution in [0.5, 0.6) is 5.75 Å². The van der Waals surface area contributed by atoms with E-state index in [0.717, 1.165) is 5.75 Å². The Kier molecular flexibility index (Phi) is 8.12. The molecule has 172 valence electrons. The molecule has 0 aliphatic heterocycles. The molecule has 1 heterocycles. The van der Waals surface area contributed by atoms with Crippen LogP contribution in [0.2, 0.25) is 0 Å². The first-order valence-electron chi connectivity index (χ1n) is 10.9. The van der Waals surface area contributed by atoms with Crippen LogP contribution < -0.4 is 10.1 Å². The lowest BCUT2D eigenvalue weighted by atomic mass is 10.0. The van der Waals surface area contributed by atoms with Crippen LogP contribution in [0.1, 0.15) is 69.6 Å². The number of aromatic nitrogens is 3. The summed E-state index contributed by atoms with van der Waals surface area (Å²) in [5.74, 6) is 1.88. The van der Waals surface area contributed by atoms with Crippen molar-refractivity contribution >= 4 is 23.4 Å². The quantitative estimate of drug-likeness (QED) is 0.408. The fraction of sp³-hybridized carbons (Fsp3) is 0.360. The lowest BCUT2D eigenvalue weighted by Gasteiger charge is -2.19. The van der Waals surface area contributed by atoms with Crippen molar-refractivity contribution in [1.29, 1.82) is 5.26 Å². The maximum atomic E-state index is 12.5. The Labute approximate surface area is 199 Å². The van der Waals surface area contributed by atoms with Gasteiger partial charge in [-0.15, -0.1) is 10.2 Å². The molecule has 0 spiro atoms. The number of amides is 1. The van der Waals surface area contributed by atoms with Crippen molar-refractivity contribution in [2.24, 2.45) is 0 Å². The van der Waals surface area contributed by atoms with E-state index in [-0.39, 0.29) is 23.8 Å². The first-order valence-corrected chi connectivity index (χ1v) is 11.9. The molecule has 0 radical (unpaired) electrons. The molecule has 33 heavy (non-hydrogen) atoms. The predicted molar refractivity (Wildman–Crippen MR) is 130 cm³/mol. The minimum Gasteiger partial charge on any atom is -0.483 e. The Hall–Kier alpha value is -3.31. The molecule has 0 aliphatic rings. The van der Waals surface area contributed by atoms with Gasteiger partial charge in [0.05, 0.1) is 17.0 Å². The van der Waals surface area contributed by atoms with Crippen LogP contribution in [0.15, 0.2) is 53.7 Å². The van der Waals surface area contributed by atoms with Crippen LogP contribution in [0.3, 0.4) is 0 Å². The van der Waals surface area contributed by atoms with E-state index in [1.165, 1.54) is 17.3 Å². The molecule has 0 saturated heterocycles. The molecule has 0 fully saturated rings. The summed E-state index contributed by atoms with van der Waals surface area (Å²) in [5.41, 5.74) is 2.19. The third-order valence-electron chi connectivity index (χ3n) is 5.08. The van der Waals surface area contributed by atoms with E-state index in [1.807, 2.05) is 37.5 Å². The molecule has 8 heteroatoms. The van der Waals surface area contributed by atoms with E-state index in [9.17, 15) is 10.1 Å². The van der Waals surface area contributed by atoms with Crippen LogP contribution in [-0.4, -0.2) is 26.4 Å². The van der Waals surface area contributed by atoms with Crippen LogP contribution in [0, 0.1) is 11.3 Å². The van der Waals surface area contributed by atoms with Crippen LogP contribution >= 0.6 is 11.8 Å². The van der Waals surface area contributed by atoms with Gasteiger partial charge in [0.2, 0.25) is 5.91 Å². The van der Waals surface area contributed by atoms with Crippen LogP contribution in [0.4, 0.5) is 5.69 Å². The SMILES string of the molecule is CC(C)c1ccc(OC(C)c2nnc(SCC(=O)Nc3ccccc3C#N)n2C(C)C)cc1. The number of nitrogens with zero attached hydrogens (tertiary/aromatic N) is 4. The highest BCUT2D eigenvalue weighted by molar-refractivity contribution is 7.99. The van der Waals surface area contributed by atoms with Gasteiger partial charge in [-0.3, -0.25) is 4.79 Å². The van der Waals surface area contributed by atoms with Gasteiger partial charge in [-0.2, -0.15) is 5.26 Å². The fourth-order valence-corrected chi connectivity index (χ4v) is 4.22. The largest absolute Gasteiger partial charge is 0.483 e. The average molecular weight is 464 g/mol. The maximum Gasteiger partial charge on any atom is 0.234 e. The van der Waals surface area contributed by atoms with Crippen molar-refractivity contribution < 1.29 is 9.53 Å². The van der Waals surface area contributed by atoms with Gasteiger partial charge >= 0.3 is 0 Å². The van der Waals surface area contributed by atoms with Crippen LogP contribution in [0.25, 0.3) is 0 Å². The van der Waals surface area contributed by atoms with E-state index in [4.69, 9.17) is 4.74 Å². The Morgan fingerprint density at radius 2 is 1.79 bits per heavy atom. The van der Waals surface area contributed by atoms with Crippen molar-refractivity contribution in [1.82, 2.24) is 14.8 Å². The topological polar surface area (TPSA) is 92.8 Å². The Balaban J connectivity index is 1.68. The van der Waals surface area contributed by atoms with Gasteiger partial charge in [-0.1, -0.05) is 49.9 Å². The molecule has 0 aliphatic carbocycles. The number of carbonyl (C=O) groups excluding carboxylic acids is 1. The van der Waals surface area contributed by atoms with Crippen molar-refractivity contribution in [2.45, 2.75) is 57.8 Å². The van der Waals surface area contributed by atoms with Crippen molar-refractivity contribution in [2.75, 3.05) is 11.1 Å². The number of ether oxygens (including phenoxy) is 1. The summed E-state index contributed by atoms with van der Waals surface area (Å²) >= 11 is 1.30. The van der Waals surface area contributed by atoms with Crippen LogP contribution in [-0.2, 0) is 4.79 Å². The molecule has 1 unspecified atom stereocenters. The molecular weight excluding hydrogens is 434 g/mol. The van der Waals surface area contributed by atoms with Gasteiger partial charge in [0.25, 0.3) is 0 Å². The normalized spacial score (nSPS) is 11.9. The second kappa shape index (κ2) is 11.0. The first kappa shape index (κ1) is 24.3. The number of hydrogen-bond donors (Lipinski definition) is 1. The van der Waals surface area contributed by atoms with Crippen molar-refractivity contribution in [3.63, 3.8) is 0 Å². The number of hydrogen-bond acceptors (Lipinski definition) is 6. The van der Waals surface area contributed by atoms with E-state index in [1.54, 1.807) is 24.3 Å². The number of carbonyl (C=O) groups is 1. The third-order valence-corrected chi connectivity index (χ3v) is 6.03. The van der Waals surface area contributed by atoms with Gasteiger partial charge in [0.1, 0.15) is 11.8 Å². The monoisotopic (exact) mass is 463 g/mol. The Morgan fingerprint density at radius 3 is 2.42 bits per heavy atom. The lowest BCUT2D eigenvalue weighted by molar-refractivity contribution is -0.113. The number of nitrogens with one attached hydrogen (secondary N) is 1. The molecule has 1 aromatic heterocycles. The molecular formula is C25H29N5O2S. The lowest BCUT2D eigenvalue weighted by Crippen LogP contribution is -2.17. The highest BCUT2D eigenvalue weighted by Crippen LogP contribution is 2.28. The summed E-state index contributed by atoms with van der Waals surface area (Å²) in [6.45, 7) is 10.4. The Morgan fingerprint density at radius 1 is 1.09 bits per heavy atom. The number of nitriles is 1. The molecule has 1 N–H and O–H groups in total. The molecule has 1 amide bonds. The number of thioether (sulfide) groups is 1. The summed E-state index contributed by atoms with van der Waals surface area (Å²) in [7, 11) is 0. The maximum absolute atomic E-state index is 12.5. The smallest absolute Gasteiger partial charge is 0.234 e. The van der Waals surface area contributed by atoms with E-state index < -0.39 is 0 Å². The second-order valence-corrected chi connectivity index (χ2v) is 9.23. The average Bonchev–Trinajstić information content (AvgIpc) is 3.23. The van der Waals surface area contributed by atoms with Gasteiger partial charge in [-0.05, 0) is 56.5 Å². The molecule has 3 aromatic rings. The summed E-state index contributed by atoms with van der Waals surface area (Å²) in [6, 6.07) is 17.2. The molecule has 7 nitrogen and oxygen atoms in total. The van der Waals surface area contributed by atoms with E-state index >= 15 is 0 Å². The summed E-state index contributed by atoms with van der Waals surface area (Å²) in [6.07, 6.45) is -0.310. The van der Waals surface area contributed by atoms with Crippen molar-refractivity contribution in [3.05, 3.63) is 65.5 Å². The molecule has 2 aromatic carbocycles. The van der Waals surface area contributed by atoms with Gasteiger partial charge in [-0.25, -0.2) is 0 Å². The minimum absolute atomic E-state index is 0.0919. The molecule has 0 bridgehead atoms. The van der Waals surface area contributed by atoms with Gasteiger partial charge < -0.3 is 14.6 Å². The van der Waals surface area contributed by atoms with E-state index in [0.29, 0.717) is 28.1 Å². The minimum atomic E-state index is -0.310. The summed E-state index contributed by atoms with van der Waals surface area (Å²) in [5, 5.41) is 21.3. The number of rotatable bonds is 9. The second-order valence-electron chi connectivity index (χ2n) is 8.28. The number of benzene rings is 2. The summed E-state index contributed by atoms with van der Waals surface area (Å²) < 4.78 is 8.12. The highest BCUT2D eigenvalue weighted by atomic mass is 32.2. The predicted octanol–water partition coefficient (Wildman–Crippen LogP) is 5.72. The highest BCUT2D eigenvalue weighted by Gasteiger charge is 2.22. The van der Waals surface area contributed by atoms with Gasteiger partial charge in [0.15, 0.2) is 17.1 Å². The zero-order valence-corrected chi connectivity index (χ0v) is 20.4. The number of anilines is 1. The number of para-hydroxylation sites is 1. The fourth-order valence-electron chi connectivity index (χ4n) is 3.34. The molecule has 3 rings (SSSR count). The first-order chi connectivity index (χ1) is 15.8. The zero-order valence-electron chi connectivity index (χ0n) is 19.6. The summed E-state index contributed by atoms with van der Waals surface area (Å²) in [4.78, 5) is 12.5. The van der Waals surface area contributed by atoms with Crippen molar-refractivity contribution in [3.8, 4) is 11.8 Å². The van der Waals surface area contributed by atoms with Gasteiger partial charge in [0, 0.05) is 6.04 Å².